The summed E-state index contributed by atoms with van der Waals surface area (Å²) in [5.41, 5.74) is 5.44. The van der Waals surface area contributed by atoms with Gasteiger partial charge in [-0.3, -0.25) is 4.79 Å². The molecule has 4 nitrogen and oxygen atoms in total. The monoisotopic (exact) mass is 483 g/mol. The molecule has 1 aliphatic carbocycles. The van der Waals surface area contributed by atoms with E-state index in [-0.39, 0.29) is 5.91 Å². The van der Waals surface area contributed by atoms with Gasteiger partial charge in [-0.1, -0.05) is 34.1 Å². The van der Waals surface area contributed by atoms with Crippen molar-refractivity contribution < 1.29 is 14.0 Å². The van der Waals surface area contributed by atoms with Crippen molar-refractivity contribution in [1.29, 1.82) is 0 Å². The highest BCUT2D eigenvalue weighted by molar-refractivity contribution is 9.10. The molecule has 2 aromatic carbocycles. The molecule has 0 bridgehead atoms. The van der Waals surface area contributed by atoms with Gasteiger partial charge in [-0.2, -0.15) is 0 Å². The number of hydrogen-bond donors (Lipinski definition) is 1. The molecule has 0 saturated carbocycles. The quantitative estimate of drug-likeness (QED) is 0.565. The number of benzene rings is 2. The number of fused-ring (bicyclic) bond motifs is 1. The average molecular weight is 484 g/mol. The molecule has 164 valence electrons. The van der Waals surface area contributed by atoms with Gasteiger partial charge >= 0.3 is 0 Å². The van der Waals surface area contributed by atoms with E-state index >= 15 is 0 Å². The molecule has 0 spiro atoms. The minimum absolute atomic E-state index is 0.00103. The van der Waals surface area contributed by atoms with Gasteiger partial charge in [0.2, 0.25) is 0 Å². The number of amides is 1. The highest BCUT2D eigenvalue weighted by atomic mass is 79.9. The summed E-state index contributed by atoms with van der Waals surface area (Å²) >= 11 is 3.54. The van der Waals surface area contributed by atoms with Crippen LogP contribution in [0.15, 0.2) is 52.5 Å². The largest absolute Gasteiger partial charge is 0.381 e. The molecule has 5 heteroatoms. The van der Waals surface area contributed by atoms with E-state index in [1.165, 1.54) is 11.1 Å². The van der Waals surface area contributed by atoms with Crippen molar-refractivity contribution >= 4 is 33.6 Å². The second kappa shape index (κ2) is 9.68. The molecule has 31 heavy (non-hydrogen) atoms. The number of rotatable bonds is 5. The van der Waals surface area contributed by atoms with Gasteiger partial charge in [0.15, 0.2) is 0 Å². The number of carbonyl (C=O) groups excluding carboxylic acids is 1. The summed E-state index contributed by atoms with van der Waals surface area (Å²) in [6.07, 6.45) is 7.08. The number of aryl methyl sites for hydroxylation is 1. The van der Waals surface area contributed by atoms with Gasteiger partial charge in [0.05, 0.1) is 33.4 Å². The normalized spacial score (nSPS) is 17.5. The van der Waals surface area contributed by atoms with Gasteiger partial charge in [-0.25, -0.2) is 0 Å². The first kappa shape index (κ1) is 22.3. The number of quaternary nitrogens is 1. The number of nitrogens with one attached hydrogen (secondary N) is 1. The maximum absolute atomic E-state index is 12.9. The van der Waals surface area contributed by atoms with Crippen LogP contribution in [-0.2, 0) is 22.5 Å². The Hall–Kier alpha value is -1.95. The van der Waals surface area contributed by atoms with Crippen LogP contribution in [0.1, 0.15) is 42.4 Å². The molecule has 1 fully saturated rings. The molecule has 0 atom stereocenters. The Balaban J connectivity index is 1.41. The lowest BCUT2D eigenvalue weighted by Gasteiger charge is -2.40. The summed E-state index contributed by atoms with van der Waals surface area (Å²) in [5, 5.41) is 3.10. The second-order valence-corrected chi connectivity index (χ2v) is 10.2. The molecule has 1 aliphatic heterocycles. The molecule has 4 rings (SSSR count). The zero-order valence-corrected chi connectivity index (χ0v) is 20.1. The van der Waals surface area contributed by atoms with Gasteiger partial charge < -0.3 is 14.5 Å². The van der Waals surface area contributed by atoms with Crippen molar-refractivity contribution in [1.82, 2.24) is 0 Å². The predicted octanol–water partition coefficient (Wildman–Crippen LogP) is 5.56. The van der Waals surface area contributed by atoms with E-state index in [1.807, 2.05) is 18.2 Å². The predicted molar refractivity (Wildman–Crippen MR) is 130 cm³/mol. The first-order valence-electron chi connectivity index (χ1n) is 11.2. The molecule has 1 saturated heterocycles. The van der Waals surface area contributed by atoms with Gasteiger partial charge in [0, 0.05) is 34.1 Å². The van der Waals surface area contributed by atoms with Crippen LogP contribution in [0.4, 0.5) is 5.69 Å². The fourth-order valence-corrected chi connectivity index (χ4v) is 5.10. The maximum Gasteiger partial charge on any atom is 0.251 e. The zero-order chi connectivity index (χ0) is 21.8. The van der Waals surface area contributed by atoms with E-state index in [2.05, 4.69) is 65.7 Å². The molecule has 2 aliphatic rings. The Labute approximate surface area is 194 Å². The number of hydrogen-bond acceptors (Lipinski definition) is 2. The van der Waals surface area contributed by atoms with Crippen LogP contribution >= 0.6 is 15.9 Å². The van der Waals surface area contributed by atoms with E-state index in [0.717, 1.165) is 77.6 Å². The van der Waals surface area contributed by atoms with Crippen molar-refractivity contribution in [2.24, 2.45) is 0 Å². The third kappa shape index (κ3) is 5.65. The van der Waals surface area contributed by atoms with E-state index in [1.54, 1.807) is 0 Å². The first-order valence-corrected chi connectivity index (χ1v) is 12.0. The van der Waals surface area contributed by atoms with E-state index in [4.69, 9.17) is 4.74 Å². The van der Waals surface area contributed by atoms with E-state index in [0.29, 0.717) is 6.04 Å². The first-order chi connectivity index (χ1) is 14.9. The second-order valence-electron chi connectivity index (χ2n) is 9.30. The SMILES string of the molecule is C[N+](C)(Cc1ccc(NC(=O)C2=Cc3cc(Br)ccc3CCC2)cc1)C1CCOCC1. The Bertz CT molecular complexity index is 960. The topological polar surface area (TPSA) is 38.3 Å². The van der Waals surface area contributed by atoms with Crippen LogP contribution in [0, 0.1) is 0 Å². The third-order valence-electron chi connectivity index (χ3n) is 6.60. The Morgan fingerprint density at radius 1 is 1.10 bits per heavy atom. The number of halogens is 1. The zero-order valence-electron chi connectivity index (χ0n) is 18.5. The summed E-state index contributed by atoms with van der Waals surface area (Å²) in [7, 11) is 4.61. The van der Waals surface area contributed by atoms with E-state index in [9.17, 15) is 4.79 Å². The number of nitrogens with zero attached hydrogens (tertiary/aromatic N) is 1. The standard InChI is InChI=1S/C26H31BrN2O2/c1-29(2,25-12-14-31-15-13-25)18-19-6-10-24(11-7-19)28-26(30)21-5-3-4-20-8-9-23(27)17-22(20)16-21/h6-11,16-17,25H,3-5,12-15,18H2,1-2H3/p+1. The minimum Gasteiger partial charge on any atom is -0.381 e. The molecule has 1 heterocycles. The number of carbonyl (C=O) groups is 1. The lowest BCUT2D eigenvalue weighted by Crippen LogP contribution is -2.50. The highest BCUT2D eigenvalue weighted by Gasteiger charge is 2.30. The molecule has 0 aromatic heterocycles. The maximum atomic E-state index is 12.9. The molecule has 0 radical (unpaired) electrons. The van der Waals surface area contributed by atoms with Gasteiger partial charge in [-0.05, 0) is 60.7 Å². The van der Waals surface area contributed by atoms with Gasteiger partial charge in [0.25, 0.3) is 5.91 Å². The van der Waals surface area contributed by atoms with Crippen LogP contribution < -0.4 is 5.32 Å². The van der Waals surface area contributed by atoms with Crippen LogP contribution in [0.3, 0.4) is 0 Å². The summed E-state index contributed by atoms with van der Waals surface area (Å²) in [5.74, 6) is -0.00103. The van der Waals surface area contributed by atoms with Gasteiger partial charge in [-0.15, -0.1) is 0 Å². The van der Waals surface area contributed by atoms with Crippen molar-refractivity contribution in [2.75, 3.05) is 32.6 Å². The molecule has 1 amide bonds. The summed E-state index contributed by atoms with van der Waals surface area (Å²) < 4.78 is 7.54. The van der Waals surface area contributed by atoms with Crippen molar-refractivity contribution in [3.05, 3.63) is 69.2 Å². The number of ether oxygens (including phenoxy) is 1. The Morgan fingerprint density at radius 2 is 1.84 bits per heavy atom. The highest BCUT2D eigenvalue weighted by Crippen LogP contribution is 2.27. The van der Waals surface area contributed by atoms with E-state index < -0.39 is 0 Å². The molecule has 1 N–H and O–H groups in total. The van der Waals surface area contributed by atoms with Gasteiger partial charge in [0.1, 0.15) is 6.54 Å². The molecule has 2 aromatic rings. The fourth-order valence-electron chi connectivity index (χ4n) is 4.72. The lowest BCUT2D eigenvalue weighted by molar-refractivity contribution is -0.929. The van der Waals surface area contributed by atoms with Crippen molar-refractivity contribution in [3.8, 4) is 0 Å². The van der Waals surface area contributed by atoms with Crippen molar-refractivity contribution in [3.63, 3.8) is 0 Å². The summed E-state index contributed by atoms with van der Waals surface area (Å²) in [4.78, 5) is 12.9. The Morgan fingerprint density at radius 3 is 2.58 bits per heavy atom. The van der Waals surface area contributed by atoms with Crippen LogP contribution in [0.2, 0.25) is 0 Å². The van der Waals surface area contributed by atoms with Crippen LogP contribution in [0.25, 0.3) is 6.08 Å². The fraction of sp³-hybridized carbons (Fsp3) is 0.423. The van der Waals surface area contributed by atoms with Crippen LogP contribution in [0.5, 0.6) is 0 Å². The summed E-state index contributed by atoms with van der Waals surface area (Å²) in [6, 6.07) is 15.3. The van der Waals surface area contributed by atoms with Crippen molar-refractivity contribution in [2.45, 2.75) is 44.7 Å². The summed E-state index contributed by atoms with van der Waals surface area (Å²) in [6.45, 7) is 2.72. The molecule has 0 unspecified atom stereocenters. The average Bonchev–Trinajstić information content (AvgIpc) is 2.97. The van der Waals surface area contributed by atoms with Crippen LogP contribution in [-0.4, -0.2) is 43.7 Å². The smallest absolute Gasteiger partial charge is 0.251 e. The Kier molecular flexibility index (Phi) is 6.95. The molecular formula is C26H32BrN2O2+. The lowest BCUT2D eigenvalue weighted by atomic mass is 10.0. The number of anilines is 1. The third-order valence-corrected chi connectivity index (χ3v) is 7.10. The minimum atomic E-state index is -0.00103. The molecular weight excluding hydrogens is 452 g/mol.